The first-order chi connectivity index (χ1) is 28.4. The third-order valence-electron chi connectivity index (χ3n) is 9.67. The van der Waals surface area contributed by atoms with Crippen LogP contribution in [0, 0.1) is 0 Å². The number of aliphatic imine (C=N–C) groups is 2. The number of hydrogen-bond acceptors (Lipinski definition) is 11. The molecule has 2 fully saturated rings. The van der Waals surface area contributed by atoms with Crippen LogP contribution < -0.4 is 55.7 Å². The lowest BCUT2D eigenvalue weighted by molar-refractivity contribution is -0.157. The summed E-state index contributed by atoms with van der Waals surface area (Å²) in [5.74, 6) is -5.99. The number of amides is 8. The van der Waals surface area contributed by atoms with Crippen molar-refractivity contribution in [2.45, 2.75) is 81.0 Å². The van der Waals surface area contributed by atoms with E-state index in [1.54, 1.807) is 6.20 Å². The number of guanidine groups is 2. The average molecular weight is 856 g/mol. The lowest BCUT2D eigenvalue weighted by Gasteiger charge is -2.49. The molecule has 0 radical (unpaired) electrons. The first-order valence-electron chi connectivity index (χ1n) is 19.1. The van der Waals surface area contributed by atoms with Crippen molar-refractivity contribution in [3.8, 4) is 0 Å². The Kier molecular flexibility index (Phi) is 16.5. The fourth-order valence-electron chi connectivity index (χ4n) is 6.90. The highest BCUT2D eigenvalue weighted by atomic mass is 32.2. The van der Waals surface area contributed by atoms with Crippen molar-refractivity contribution in [1.29, 1.82) is 0 Å². The summed E-state index contributed by atoms with van der Waals surface area (Å²) in [6, 6.07) is 1.31. The third-order valence-corrected chi connectivity index (χ3v) is 11.0. The van der Waals surface area contributed by atoms with E-state index in [0.717, 1.165) is 15.8 Å². The second kappa shape index (κ2) is 21.4. The Morgan fingerprint density at radius 2 is 1.50 bits per heavy atom. The number of thioether (sulfide) groups is 1. The van der Waals surface area contributed by atoms with Crippen molar-refractivity contribution in [3.63, 3.8) is 0 Å². The van der Waals surface area contributed by atoms with E-state index in [0.29, 0.717) is 18.4 Å². The van der Waals surface area contributed by atoms with E-state index in [9.17, 15) is 38.4 Å². The van der Waals surface area contributed by atoms with Gasteiger partial charge in [-0.15, -0.1) is 11.8 Å². The molecular formula is C36H53N15O8S. The lowest BCUT2D eigenvalue weighted by Crippen LogP contribution is -2.69. The van der Waals surface area contributed by atoms with E-state index >= 15 is 0 Å². The van der Waals surface area contributed by atoms with Crippen molar-refractivity contribution in [2.24, 2.45) is 44.4 Å². The summed E-state index contributed by atoms with van der Waals surface area (Å²) in [4.78, 5) is 118. The zero-order valence-corrected chi connectivity index (χ0v) is 33.9. The SMILES string of the molecule is CC(=O)N[C@@H](CCCN=C(N)N)C(=O)N[C@@H](Cc1c[nH]c2ccccc12)C(=O)N[C@H]1CS[C@H]2CN(CC(=O)N[C@@H](CCCN=C(N)N)C(N)=O)C(=O)[C@H](CC(N)=O)N2C1=O. The number of hydrogen-bond donors (Lipinski definition) is 11. The number of carbonyl (C=O) groups is 8. The summed E-state index contributed by atoms with van der Waals surface area (Å²) in [7, 11) is 0. The quantitative estimate of drug-likeness (QED) is 0.0320. The standard InChI is InChI=1S/C36H53N15O8S/c1-18(52)46-23(9-5-11-44-36(41)42)31(56)48-24(12-19-14-45-21-7-3-2-6-20(19)21)32(57)49-25-17-60-29-16-50(34(59)26(13-27(37)53)51(29)33(25)58)15-28(54)47-22(30(38)55)8-4-10-43-35(39)40/h2-3,6-7,14,22-26,29,45H,4-5,8-13,15-17H2,1H3,(H2,37,53)(H2,38,55)(H,46,52)(H,47,54)(H,48,56)(H,49,57)(H4,39,40,43)(H4,41,42,44)/t22-,23-,24-,25-,26-,29-/m0/s1. The maximum absolute atomic E-state index is 14.2. The topological polar surface area (TPSA) is 388 Å². The van der Waals surface area contributed by atoms with Gasteiger partial charge in [-0.1, -0.05) is 18.2 Å². The molecule has 23 nitrogen and oxygen atoms in total. The highest BCUT2D eigenvalue weighted by molar-refractivity contribution is 8.00. The molecule has 2 saturated heterocycles. The predicted octanol–water partition coefficient (Wildman–Crippen LogP) is -4.75. The van der Waals surface area contributed by atoms with Crippen LogP contribution in [0.1, 0.15) is 44.6 Å². The van der Waals surface area contributed by atoms with E-state index < -0.39 is 95.8 Å². The van der Waals surface area contributed by atoms with Crippen LogP contribution in [0.4, 0.5) is 0 Å². The van der Waals surface area contributed by atoms with E-state index in [1.807, 2.05) is 24.3 Å². The van der Waals surface area contributed by atoms with E-state index in [-0.39, 0.29) is 56.6 Å². The Labute approximate surface area is 348 Å². The molecular weight excluding hydrogens is 803 g/mol. The number of nitrogens with zero attached hydrogens (tertiary/aromatic N) is 4. The molecule has 0 aliphatic carbocycles. The normalized spacial score (nSPS) is 18.9. The number of fused-ring (bicyclic) bond motifs is 2. The summed E-state index contributed by atoms with van der Waals surface area (Å²) < 4.78 is 0. The Morgan fingerprint density at radius 1 is 0.850 bits per heavy atom. The fourth-order valence-corrected chi connectivity index (χ4v) is 8.24. The number of rotatable bonds is 21. The van der Waals surface area contributed by atoms with Crippen LogP contribution in [0.5, 0.6) is 0 Å². The van der Waals surface area contributed by atoms with Gasteiger partial charge in [-0.3, -0.25) is 48.3 Å². The monoisotopic (exact) mass is 855 g/mol. The molecule has 2 aliphatic heterocycles. The number of nitrogens with one attached hydrogen (secondary N) is 5. The van der Waals surface area contributed by atoms with Gasteiger partial charge in [0, 0.05) is 49.3 Å². The third kappa shape index (κ3) is 13.0. The molecule has 1 aromatic carbocycles. The number of primary amides is 2. The van der Waals surface area contributed by atoms with Crippen LogP contribution in [-0.4, -0.2) is 141 Å². The summed E-state index contributed by atoms with van der Waals surface area (Å²) in [6.45, 7) is 0.974. The molecule has 326 valence electrons. The van der Waals surface area contributed by atoms with Crippen molar-refractivity contribution in [3.05, 3.63) is 36.0 Å². The highest BCUT2D eigenvalue weighted by Gasteiger charge is 2.49. The minimum atomic E-state index is -1.42. The van der Waals surface area contributed by atoms with Crippen molar-refractivity contribution in [2.75, 3.05) is 31.9 Å². The zero-order chi connectivity index (χ0) is 44.1. The maximum Gasteiger partial charge on any atom is 0.247 e. The van der Waals surface area contributed by atoms with Crippen LogP contribution in [0.3, 0.4) is 0 Å². The highest BCUT2D eigenvalue weighted by Crippen LogP contribution is 2.32. The number of H-pyrrole nitrogens is 1. The number of para-hydroxylation sites is 1. The number of aromatic nitrogens is 1. The predicted molar refractivity (Wildman–Crippen MR) is 222 cm³/mol. The van der Waals surface area contributed by atoms with Gasteiger partial charge in [0.2, 0.25) is 47.3 Å². The van der Waals surface area contributed by atoms with E-state index in [1.165, 1.54) is 23.6 Å². The molecule has 8 amide bonds. The maximum atomic E-state index is 14.2. The number of nitrogens with two attached hydrogens (primary N) is 6. The van der Waals surface area contributed by atoms with Gasteiger partial charge in [0.1, 0.15) is 30.2 Å². The van der Waals surface area contributed by atoms with Crippen molar-refractivity contribution in [1.82, 2.24) is 36.1 Å². The molecule has 0 saturated carbocycles. The van der Waals surface area contributed by atoms with Gasteiger partial charge in [-0.25, -0.2) is 0 Å². The van der Waals surface area contributed by atoms with E-state index in [4.69, 9.17) is 34.4 Å². The number of carbonyl (C=O) groups excluding carboxylic acids is 8. The summed E-state index contributed by atoms with van der Waals surface area (Å²) in [5, 5.41) is 10.6. The smallest absolute Gasteiger partial charge is 0.247 e. The molecule has 1 aromatic heterocycles. The van der Waals surface area contributed by atoms with Crippen LogP contribution in [0.2, 0.25) is 0 Å². The largest absolute Gasteiger partial charge is 0.370 e. The zero-order valence-electron chi connectivity index (χ0n) is 33.1. The Balaban J connectivity index is 1.51. The van der Waals surface area contributed by atoms with Crippen LogP contribution >= 0.6 is 11.8 Å². The lowest BCUT2D eigenvalue weighted by atomic mass is 10.0. The first kappa shape index (κ1) is 46.1. The summed E-state index contributed by atoms with van der Waals surface area (Å²) in [6.07, 6.45) is 2.00. The molecule has 17 N–H and O–H groups in total. The average Bonchev–Trinajstić information content (AvgIpc) is 3.58. The second-order valence-corrected chi connectivity index (χ2v) is 15.5. The Bertz CT molecular complexity index is 2000. The Morgan fingerprint density at radius 3 is 2.12 bits per heavy atom. The minimum absolute atomic E-state index is 0.0184. The minimum Gasteiger partial charge on any atom is -0.370 e. The number of piperazine rings is 1. The van der Waals surface area contributed by atoms with Gasteiger partial charge >= 0.3 is 0 Å². The van der Waals surface area contributed by atoms with Gasteiger partial charge in [-0.05, 0) is 37.3 Å². The molecule has 2 aliphatic rings. The van der Waals surface area contributed by atoms with Crippen LogP contribution in [-0.2, 0) is 44.8 Å². The van der Waals surface area contributed by atoms with Crippen molar-refractivity contribution >= 4 is 81.8 Å². The summed E-state index contributed by atoms with van der Waals surface area (Å²) in [5.41, 5.74) is 33.9. The molecule has 0 spiro atoms. The first-order valence-corrected chi connectivity index (χ1v) is 20.1. The molecule has 60 heavy (non-hydrogen) atoms. The van der Waals surface area contributed by atoms with Gasteiger partial charge in [0.05, 0.1) is 24.9 Å². The molecule has 3 heterocycles. The molecule has 2 aromatic rings. The van der Waals surface area contributed by atoms with Gasteiger partial charge in [-0.2, -0.15) is 0 Å². The molecule has 0 unspecified atom stereocenters. The van der Waals surface area contributed by atoms with Crippen LogP contribution in [0.15, 0.2) is 40.4 Å². The van der Waals surface area contributed by atoms with Gasteiger partial charge < -0.3 is 70.5 Å². The van der Waals surface area contributed by atoms with Crippen molar-refractivity contribution < 1.29 is 38.4 Å². The molecule has 24 heteroatoms. The Hall–Kier alpha value is -6.59. The number of aromatic amines is 1. The van der Waals surface area contributed by atoms with Crippen LogP contribution in [0.25, 0.3) is 10.9 Å². The summed E-state index contributed by atoms with van der Waals surface area (Å²) >= 11 is 1.19. The molecule has 4 rings (SSSR count). The number of benzene rings is 1. The second-order valence-electron chi connectivity index (χ2n) is 14.3. The molecule has 6 atom stereocenters. The van der Waals surface area contributed by atoms with E-state index in [2.05, 4.69) is 36.2 Å². The molecule has 0 bridgehead atoms. The fraction of sp³-hybridized carbons (Fsp3) is 0.500. The van der Waals surface area contributed by atoms with Gasteiger partial charge in [0.15, 0.2) is 11.9 Å². The van der Waals surface area contributed by atoms with Gasteiger partial charge in [0.25, 0.3) is 0 Å².